The molecule has 0 aliphatic rings. The van der Waals surface area contributed by atoms with Crippen LogP contribution in [0.3, 0.4) is 0 Å². The van der Waals surface area contributed by atoms with Crippen LogP contribution in [0, 0.1) is 13.8 Å². The quantitative estimate of drug-likeness (QED) is 0.226. The molecule has 0 atom stereocenters. The van der Waals surface area contributed by atoms with Gasteiger partial charge in [-0.1, -0.05) is 51.3 Å². The zero-order valence-corrected chi connectivity index (χ0v) is 17.8. The van der Waals surface area contributed by atoms with Gasteiger partial charge < -0.3 is 14.2 Å². The highest BCUT2D eigenvalue weighted by atomic mass is 16.5. The number of esters is 1. The van der Waals surface area contributed by atoms with Gasteiger partial charge >= 0.3 is 5.97 Å². The molecule has 0 aromatic heterocycles. The molecule has 0 spiro atoms. The average Bonchev–Trinajstić information content (AvgIpc) is 2.70. The van der Waals surface area contributed by atoms with E-state index in [2.05, 4.69) is 51.3 Å². The summed E-state index contributed by atoms with van der Waals surface area (Å²) in [6.07, 6.45) is 3.23. The summed E-state index contributed by atoms with van der Waals surface area (Å²) < 4.78 is 16.2. The van der Waals surface area contributed by atoms with Crippen LogP contribution in [-0.4, -0.2) is 19.2 Å². The van der Waals surface area contributed by atoms with Gasteiger partial charge in [0, 0.05) is 17.9 Å². The molecule has 0 N–H and O–H groups in total. The first-order valence-electron chi connectivity index (χ1n) is 9.71. The van der Waals surface area contributed by atoms with E-state index in [1.54, 1.807) is 0 Å². The van der Waals surface area contributed by atoms with Gasteiger partial charge in [0.2, 0.25) is 0 Å². The number of rotatable bonds is 10. The van der Waals surface area contributed by atoms with Crippen LogP contribution in [0.4, 0.5) is 0 Å². The molecule has 0 aliphatic heterocycles. The Labute approximate surface area is 173 Å². The topological polar surface area (TPSA) is 44.8 Å². The van der Waals surface area contributed by atoms with E-state index in [-0.39, 0.29) is 5.41 Å². The predicted octanol–water partition coefficient (Wildman–Crippen LogP) is 5.65. The number of carbonyl (C=O) groups excluding carboxylic acids is 1. The summed E-state index contributed by atoms with van der Waals surface area (Å²) in [6, 6.07) is 12.5. The second-order valence-electron chi connectivity index (χ2n) is 7.44. The molecule has 2 aromatic rings. The lowest BCUT2D eigenvalue weighted by molar-refractivity contribution is -0.137. The summed E-state index contributed by atoms with van der Waals surface area (Å²) in [5.74, 6) is 1.25. The molecular weight excluding hydrogens is 364 g/mol. The number of carbonyl (C=O) groups is 1. The SMILES string of the molecule is C=COc1ccc(C(C)(C)c2ccc(OCCCOC(=O)C=C)c(C)c2)cc1C. The minimum atomic E-state index is -0.410. The van der Waals surface area contributed by atoms with Crippen LogP contribution in [0.2, 0.25) is 0 Å². The molecule has 0 radical (unpaired) electrons. The standard InChI is InChI=1S/C25H30O4/c1-7-24(26)29-15-9-14-28-23-13-11-21(17-19(23)4)25(5,6)20-10-12-22(27-8-2)18(3)16-20/h7-8,10-13,16-17H,1-2,9,14-15H2,3-6H3. The van der Waals surface area contributed by atoms with Crippen LogP contribution in [-0.2, 0) is 14.9 Å². The van der Waals surface area contributed by atoms with Crippen molar-refractivity contribution in [3.05, 3.63) is 84.1 Å². The van der Waals surface area contributed by atoms with Gasteiger partial charge in [0.05, 0.1) is 19.5 Å². The Kier molecular flexibility index (Phi) is 7.66. The van der Waals surface area contributed by atoms with Crippen LogP contribution in [0.1, 0.15) is 42.5 Å². The molecular formula is C25H30O4. The maximum Gasteiger partial charge on any atom is 0.330 e. The monoisotopic (exact) mass is 394 g/mol. The minimum absolute atomic E-state index is 0.167. The molecule has 0 unspecified atom stereocenters. The lowest BCUT2D eigenvalue weighted by Crippen LogP contribution is -2.19. The summed E-state index contributed by atoms with van der Waals surface area (Å²) in [6.45, 7) is 16.3. The molecule has 0 amide bonds. The van der Waals surface area contributed by atoms with Crippen molar-refractivity contribution in [2.24, 2.45) is 0 Å². The van der Waals surface area contributed by atoms with Gasteiger partial charge in [-0.2, -0.15) is 0 Å². The third kappa shape index (κ3) is 5.74. The molecule has 0 aliphatic carbocycles. The zero-order chi connectivity index (χ0) is 21.4. The Morgan fingerprint density at radius 1 is 0.966 bits per heavy atom. The molecule has 4 nitrogen and oxygen atoms in total. The maximum atomic E-state index is 11.0. The van der Waals surface area contributed by atoms with Crippen LogP contribution in [0.5, 0.6) is 11.5 Å². The van der Waals surface area contributed by atoms with E-state index < -0.39 is 5.97 Å². The van der Waals surface area contributed by atoms with Crippen molar-refractivity contribution in [3.63, 3.8) is 0 Å². The molecule has 29 heavy (non-hydrogen) atoms. The van der Waals surface area contributed by atoms with Crippen molar-refractivity contribution in [3.8, 4) is 11.5 Å². The van der Waals surface area contributed by atoms with E-state index in [1.165, 1.54) is 17.4 Å². The van der Waals surface area contributed by atoms with Crippen LogP contribution < -0.4 is 9.47 Å². The van der Waals surface area contributed by atoms with E-state index in [1.807, 2.05) is 26.0 Å². The summed E-state index contributed by atoms with van der Waals surface area (Å²) in [5.41, 5.74) is 4.40. The molecule has 0 heterocycles. The second kappa shape index (κ2) is 9.97. The molecule has 2 aromatic carbocycles. The van der Waals surface area contributed by atoms with E-state index in [9.17, 15) is 4.79 Å². The first kappa shape index (κ1) is 22.3. The van der Waals surface area contributed by atoms with E-state index in [0.29, 0.717) is 19.6 Å². The third-order valence-corrected chi connectivity index (χ3v) is 4.96. The van der Waals surface area contributed by atoms with Crippen molar-refractivity contribution in [1.29, 1.82) is 0 Å². The lowest BCUT2D eigenvalue weighted by Gasteiger charge is -2.27. The van der Waals surface area contributed by atoms with Gasteiger partial charge in [-0.25, -0.2) is 4.79 Å². The van der Waals surface area contributed by atoms with Crippen LogP contribution >= 0.6 is 0 Å². The van der Waals surface area contributed by atoms with Gasteiger partial charge in [-0.3, -0.25) is 0 Å². The highest BCUT2D eigenvalue weighted by Crippen LogP contribution is 2.35. The predicted molar refractivity (Wildman–Crippen MR) is 117 cm³/mol. The molecule has 154 valence electrons. The summed E-state index contributed by atoms with van der Waals surface area (Å²) in [4.78, 5) is 11.0. The normalized spacial score (nSPS) is 10.9. The van der Waals surface area contributed by atoms with Crippen LogP contribution in [0.15, 0.2) is 61.9 Å². The molecule has 0 saturated carbocycles. The molecule has 4 heteroatoms. The number of hydrogen-bond donors (Lipinski definition) is 0. The van der Waals surface area contributed by atoms with Gasteiger partial charge in [0.1, 0.15) is 11.5 Å². The van der Waals surface area contributed by atoms with Gasteiger partial charge in [0.25, 0.3) is 0 Å². The number of aryl methyl sites for hydroxylation is 2. The number of ether oxygens (including phenoxy) is 3. The summed E-state index contributed by atoms with van der Waals surface area (Å²) in [7, 11) is 0. The van der Waals surface area contributed by atoms with Gasteiger partial charge in [-0.05, 0) is 48.2 Å². The lowest BCUT2D eigenvalue weighted by atomic mass is 9.77. The van der Waals surface area contributed by atoms with Crippen molar-refractivity contribution >= 4 is 5.97 Å². The number of benzene rings is 2. The van der Waals surface area contributed by atoms with Crippen molar-refractivity contribution in [1.82, 2.24) is 0 Å². The minimum Gasteiger partial charge on any atom is -0.493 e. The molecule has 0 bridgehead atoms. The fraction of sp³-hybridized carbons (Fsp3) is 0.320. The van der Waals surface area contributed by atoms with Crippen molar-refractivity contribution < 1.29 is 19.0 Å². The molecule has 0 fully saturated rings. The Bertz CT molecular complexity index is 880. The zero-order valence-electron chi connectivity index (χ0n) is 17.8. The Hall–Kier alpha value is -3.01. The maximum absolute atomic E-state index is 11.0. The fourth-order valence-corrected chi connectivity index (χ4v) is 3.10. The smallest absolute Gasteiger partial charge is 0.330 e. The number of hydrogen-bond acceptors (Lipinski definition) is 4. The van der Waals surface area contributed by atoms with E-state index in [0.717, 1.165) is 28.7 Å². The van der Waals surface area contributed by atoms with Crippen molar-refractivity contribution in [2.75, 3.05) is 13.2 Å². The highest BCUT2D eigenvalue weighted by molar-refractivity contribution is 5.81. The molecule has 0 saturated heterocycles. The first-order valence-corrected chi connectivity index (χ1v) is 9.71. The Balaban J connectivity index is 2.07. The second-order valence-corrected chi connectivity index (χ2v) is 7.44. The highest BCUT2D eigenvalue weighted by Gasteiger charge is 2.24. The summed E-state index contributed by atoms with van der Waals surface area (Å²) in [5, 5.41) is 0. The van der Waals surface area contributed by atoms with Gasteiger partial charge in [0.15, 0.2) is 0 Å². The fourth-order valence-electron chi connectivity index (χ4n) is 3.10. The Morgan fingerprint density at radius 3 is 2.07 bits per heavy atom. The third-order valence-electron chi connectivity index (χ3n) is 4.96. The molecule has 2 rings (SSSR count). The largest absolute Gasteiger partial charge is 0.493 e. The average molecular weight is 395 g/mol. The van der Waals surface area contributed by atoms with Crippen molar-refractivity contribution in [2.45, 2.75) is 39.5 Å². The van der Waals surface area contributed by atoms with Gasteiger partial charge in [-0.15, -0.1) is 0 Å². The Morgan fingerprint density at radius 2 is 1.55 bits per heavy atom. The van der Waals surface area contributed by atoms with E-state index in [4.69, 9.17) is 14.2 Å². The van der Waals surface area contributed by atoms with Crippen LogP contribution in [0.25, 0.3) is 0 Å². The van der Waals surface area contributed by atoms with E-state index >= 15 is 0 Å². The summed E-state index contributed by atoms with van der Waals surface area (Å²) >= 11 is 0. The first-order chi connectivity index (χ1) is 13.8.